The number of hydrogen-bond donors (Lipinski definition) is 1. The number of fused-ring (bicyclic) bond motifs is 2. The van der Waals surface area contributed by atoms with E-state index in [1.54, 1.807) is 0 Å². The van der Waals surface area contributed by atoms with E-state index in [0.29, 0.717) is 23.1 Å². The number of carbonyl (C=O) groups is 2. The minimum Gasteiger partial charge on any atom is -0.492 e. The first-order chi connectivity index (χ1) is 11.6. The van der Waals surface area contributed by atoms with Gasteiger partial charge in [0.15, 0.2) is 11.5 Å². The molecule has 3 aliphatic carbocycles. The Balaban J connectivity index is 2.23. The Hall–Kier alpha value is -1.42. The highest BCUT2D eigenvalue weighted by Gasteiger charge is 2.57. The molecule has 1 N–H and O–H groups in total. The van der Waals surface area contributed by atoms with Gasteiger partial charge in [-0.1, -0.05) is 41.0 Å². The maximum atomic E-state index is 13.4. The third kappa shape index (κ3) is 2.44. The number of allylic oxidation sites excluding steroid dienone is 2. The monoisotopic (exact) mass is 346 g/mol. The van der Waals surface area contributed by atoms with Gasteiger partial charge >= 0.3 is 0 Å². The van der Waals surface area contributed by atoms with Crippen molar-refractivity contribution in [2.45, 2.75) is 66.4 Å². The van der Waals surface area contributed by atoms with Crippen molar-refractivity contribution in [1.29, 1.82) is 0 Å². The van der Waals surface area contributed by atoms with E-state index < -0.39 is 6.10 Å². The summed E-state index contributed by atoms with van der Waals surface area (Å²) in [6, 6.07) is 0. The number of ether oxygens (including phenoxy) is 1. The van der Waals surface area contributed by atoms with Crippen LogP contribution in [0.4, 0.5) is 0 Å². The molecule has 0 heterocycles. The number of aliphatic hydroxyl groups is 1. The second kappa shape index (κ2) is 5.80. The molecule has 0 unspecified atom stereocenters. The largest absolute Gasteiger partial charge is 0.492 e. The lowest BCUT2D eigenvalue weighted by atomic mass is 9.48. The van der Waals surface area contributed by atoms with Crippen LogP contribution in [-0.4, -0.2) is 29.9 Å². The standard InChI is InChI=1S/C21H30O4/c1-11(2)14-17(23)15-12(22)10-13-20(3,4)8-7-9-21(13,5)16(15)18(24)19(14)25-6/h11-13,22H,7-10H2,1-6H3/t12-,13-,21-/m0/s1. The normalized spacial score (nSPS) is 35.0. The van der Waals surface area contributed by atoms with Gasteiger partial charge in [-0.05, 0) is 36.5 Å². The minimum absolute atomic E-state index is 0.0328. The SMILES string of the molecule is COC1=C(C(C)C)C(=O)C2=C(C1=O)[C@@]1(C)CCCC(C)(C)[C@@H]1C[C@@H]2O. The number of hydrogen-bond acceptors (Lipinski definition) is 4. The van der Waals surface area contributed by atoms with Gasteiger partial charge in [0, 0.05) is 22.1 Å². The maximum absolute atomic E-state index is 13.4. The predicted molar refractivity (Wildman–Crippen MR) is 95.8 cm³/mol. The van der Waals surface area contributed by atoms with Crippen molar-refractivity contribution < 1.29 is 19.4 Å². The van der Waals surface area contributed by atoms with E-state index >= 15 is 0 Å². The summed E-state index contributed by atoms with van der Waals surface area (Å²) in [5.74, 6) is -0.156. The third-order valence-electron chi connectivity index (χ3n) is 6.81. The van der Waals surface area contributed by atoms with Gasteiger partial charge in [-0.25, -0.2) is 0 Å². The Labute approximate surface area is 150 Å². The van der Waals surface area contributed by atoms with Crippen molar-refractivity contribution in [3.8, 4) is 0 Å². The van der Waals surface area contributed by atoms with E-state index in [2.05, 4.69) is 20.8 Å². The quantitative estimate of drug-likeness (QED) is 0.776. The summed E-state index contributed by atoms with van der Waals surface area (Å²) in [6.45, 7) is 10.3. The minimum atomic E-state index is -0.867. The van der Waals surface area contributed by atoms with Crippen LogP contribution in [0.5, 0.6) is 0 Å². The molecule has 138 valence electrons. The van der Waals surface area contributed by atoms with Gasteiger partial charge < -0.3 is 9.84 Å². The lowest BCUT2D eigenvalue weighted by molar-refractivity contribution is -0.124. The highest BCUT2D eigenvalue weighted by molar-refractivity contribution is 6.25. The first-order valence-corrected chi connectivity index (χ1v) is 9.36. The summed E-state index contributed by atoms with van der Waals surface area (Å²) in [5.41, 5.74) is 0.920. The van der Waals surface area contributed by atoms with Gasteiger partial charge in [-0.3, -0.25) is 9.59 Å². The molecule has 25 heavy (non-hydrogen) atoms. The highest BCUT2D eigenvalue weighted by Crippen LogP contribution is 2.61. The molecule has 3 rings (SSSR count). The molecule has 3 aliphatic rings. The predicted octanol–water partition coefficient (Wildman–Crippen LogP) is 3.59. The van der Waals surface area contributed by atoms with E-state index in [-0.39, 0.29) is 40.0 Å². The topological polar surface area (TPSA) is 63.6 Å². The van der Waals surface area contributed by atoms with Crippen molar-refractivity contribution in [1.82, 2.24) is 0 Å². The number of Topliss-reactive ketones (excluding diaryl/α,β-unsaturated/α-hetero) is 2. The first kappa shape index (κ1) is 18.4. The molecule has 0 bridgehead atoms. The fourth-order valence-corrected chi connectivity index (χ4v) is 5.67. The number of rotatable bonds is 2. The van der Waals surface area contributed by atoms with Gasteiger partial charge in [0.1, 0.15) is 0 Å². The van der Waals surface area contributed by atoms with Crippen LogP contribution in [0.2, 0.25) is 0 Å². The number of aliphatic hydroxyl groups excluding tert-OH is 1. The molecule has 0 aromatic rings. The lowest BCUT2D eigenvalue weighted by Crippen LogP contribution is -2.52. The second-order valence-electron chi connectivity index (χ2n) is 9.11. The molecule has 0 aromatic heterocycles. The van der Waals surface area contributed by atoms with Crippen LogP contribution in [0.3, 0.4) is 0 Å². The Morgan fingerprint density at radius 3 is 2.32 bits per heavy atom. The van der Waals surface area contributed by atoms with Gasteiger partial charge in [0.2, 0.25) is 5.78 Å². The van der Waals surface area contributed by atoms with E-state index in [9.17, 15) is 14.7 Å². The van der Waals surface area contributed by atoms with Crippen molar-refractivity contribution in [2.24, 2.45) is 22.7 Å². The van der Waals surface area contributed by atoms with Crippen molar-refractivity contribution >= 4 is 11.6 Å². The molecule has 4 heteroatoms. The summed E-state index contributed by atoms with van der Waals surface area (Å²) < 4.78 is 5.40. The van der Waals surface area contributed by atoms with Crippen molar-refractivity contribution in [3.05, 3.63) is 22.5 Å². The van der Waals surface area contributed by atoms with Crippen LogP contribution in [0.15, 0.2) is 22.5 Å². The van der Waals surface area contributed by atoms with Crippen LogP contribution in [0.25, 0.3) is 0 Å². The second-order valence-corrected chi connectivity index (χ2v) is 9.11. The van der Waals surface area contributed by atoms with Gasteiger partial charge in [0.25, 0.3) is 0 Å². The summed E-state index contributed by atoms with van der Waals surface area (Å²) >= 11 is 0. The highest BCUT2D eigenvalue weighted by atomic mass is 16.5. The number of carbonyl (C=O) groups excluding carboxylic acids is 2. The van der Waals surface area contributed by atoms with E-state index in [1.165, 1.54) is 7.11 Å². The molecule has 0 amide bonds. The fourth-order valence-electron chi connectivity index (χ4n) is 5.67. The van der Waals surface area contributed by atoms with Crippen molar-refractivity contribution in [2.75, 3.05) is 7.11 Å². The average molecular weight is 346 g/mol. The van der Waals surface area contributed by atoms with Crippen LogP contribution in [-0.2, 0) is 14.3 Å². The Morgan fingerprint density at radius 1 is 1.12 bits per heavy atom. The van der Waals surface area contributed by atoms with Gasteiger partial charge in [-0.2, -0.15) is 0 Å². The zero-order valence-corrected chi connectivity index (χ0v) is 16.2. The molecular formula is C21H30O4. The zero-order valence-electron chi connectivity index (χ0n) is 16.2. The molecule has 1 saturated carbocycles. The number of ketones is 2. The van der Waals surface area contributed by atoms with Gasteiger partial charge in [0.05, 0.1) is 13.2 Å². The van der Waals surface area contributed by atoms with E-state index in [4.69, 9.17) is 4.74 Å². The summed E-state index contributed by atoms with van der Waals surface area (Å²) in [4.78, 5) is 26.6. The molecule has 1 fully saturated rings. The molecule has 0 aliphatic heterocycles. The lowest BCUT2D eigenvalue weighted by Gasteiger charge is -2.56. The average Bonchev–Trinajstić information content (AvgIpc) is 2.50. The maximum Gasteiger partial charge on any atom is 0.225 e. The Bertz CT molecular complexity index is 695. The van der Waals surface area contributed by atoms with Crippen LogP contribution in [0.1, 0.15) is 60.3 Å². The van der Waals surface area contributed by atoms with Crippen LogP contribution in [0, 0.1) is 22.7 Å². The first-order valence-electron chi connectivity index (χ1n) is 9.36. The molecule has 0 spiro atoms. The Morgan fingerprint density at radius 2 is 1.76 bits per heavy atom. The molecular weight excluding hydrogens is 316 g/mol. The van der Waals surface area contributed by atoms with E-state index in [0.717, 1.165) is 19.3 Å². The molecule has 0 radical (unpaired) electrons. The number of methoxy groups -OCH3 is 1. The molecule has 0 aromatic carbocycles. The van der Waals surface area contributed by atoms with Gasteiger partial charge in [-0.15, -0.1) is 0 Å². The summed E-state index contributed by atoms with van der Waals surface area (Å²) in [7, 11) is 1.46. The van der Waals surface area contributed by atoms with Crippen LogP contribution >= 0.6 is 0 Å². The summed E-state index contributed by atoms with van der Waals surface area (Å²) in [5, 5.41) is 10.8. The third-order valence-corrected chi connectivity index (χ3v) is 6.81. The molecule has 0 saturated heterocycles. The van der Waals surface area contributed by atoms with E-state index in [1.807, 2.05) is 13.8 Å². The summed E-state index contributed by atoms with van der Waals surface area (Å²) in [6.07, 6.45) is 2.66. The smallest absolute Gasteiger partial charge is 0.225 e. The van der Waals surface area contributed by atoms with Crippen molar-refractivity contribution in [3.63, 3.8) is 0 Å². The fraction of sp³-hybridized carbons (Fsp3) is 0.714. The zero-order chi connectivity index (χ0) is 18.7. The Kier molecular flexibility index (Phi) is 4.26. The van der Waals surface area contributed by atoms with Crippen LogP contribution < -0.4 is 0 Å². The molecule has 3 atom stereocenters. The molecule has 4 nitrogen and oxygen atoms in total.